The minimum Gasteiger partial charge on any atom is -0.508 e. The van der Waals surface area contributed by atoms with Crippen LogP contribution < -0.4 is 5.32 Å². The second-order valence-corrected chi connectivity index (χ2v) is 5.65. The zero-order valence-electron chi connectivity index (χ0n) is 12.8. The summed E-state index contributed by atoms with van der Waals surface area (Å²) in [4.78, 5) is 0. The molecule has 2 nitrogen and oxygen atoms in total. The first-order valence-corrected chi connectivity index (χ1v) is 7.79. The molecule has 2 heteroatoms. The number of hydrogen-bond acceptors (Lipinski definition) is 2. The van der Waals surface area contributed by atoms with E-state index in [1.54, 1.807) is 12.1 Å². The van der Waals surface area contributed by atoms with Crippen LogP contribution in [0.2, 0.25) is 0 Å². The standard InChI is InChI=1S/C19H25NO/c1-16(9-10-18-11-13-19(21)14-12-18)20-15-5-8-17-6-3-2-4-7-17/h2-4,6-7,11-14,16,20-21H,5,8-10,15H2,1H3. The molecule has 0 spiro atoms. The van der Waals surface area contributed by atoms with E-state index in [1.165, 1.54) is 17.5 Å². The number of aromatic hydroxyl groups is 1. The summed E-state index contributed by atoms with van der Waals surface area (Å²) in [5.74, 6) is 0.339. The Kier molecular flexibility index (Phi) is 6.29. The fraction of sp³-hybridized carbons (Fsp3) is 0.368. The first-order chi connectivity index (χ1) is 10.2. The van der Waals surface area contributed by atoms with E-state index in [4.69, 9.17) is 0 Å². The van der Waals surface area contributed by atoms with Crippen molar-refractivity contribution in [3.05, 3.63) is 65.7 Å². The van der Waals surface area contributed by atoms with Crippen LogP contribution in [0, 0.1) is 0 Å². The van der Waals surface area contributed by atoms with Crippen LogP contribution in [0.3, 0.4) is 0 Å². The van der Waals surface area contributed by atoms with E-state index < -0.39 is 0 Å². The highest BCUT2D eigenvalue weighted by Gasteiger charge is 2.02. The van der Waals surface area contributed by atoms with Crippen molar-refractivity contribution in [2.75, 3.05) is 6.54 Å². The molecule has 2 N–H and O–H groups in total. The fourth-order valence-corrected chi connectivity index (χ4v) is 2.43. The molecule has 0 aliphatic carbocycles. The van der Waals surface area contributed by atoms with Crippen molar-refractivity contribution in [3.63, 3.8) is 0 Å². The van der Waals surface area contributed by atoms with Gasteiger partial charge in [0.2, 0.25) is 0 Å². The van der Waals surface area contributed by atoms with Crippen LogP contribution in [0.25, 0.3) is 0 Å². The first-order valence-electron chi connectivity index (χ1n) is 7.79. The first kappa shape index (κ1) is 15.6. The summed E-state index contributed by atoms with van der Waals surface area (Å²) in [5, 5.41) is 12.8. The highest BCUT2D eigenvalue weighted by Crippen LogP contribution is 2.12. The average Bonchev–Trinajstić information content (AvgIpc) is 2.52. The van der Waals surface area contributed by atoms with Crippen molar-refractivity contribution in [2.24, 2.45) is 0 Å². The molecule has 0 amide bonds. The lowest BCUT2D eigenvalue weighted by Gasteiger charge is -2.13. The number of phenols is 1. The largest absolute Gasteiger partial charge is 0.508 e. The molecule has 0 saturated carbocycles. The van der Waals surface area contributed by atoms with E-state index in [0.29, 0.717) is 11.8 Å². The second kappa shape index (κ2) is 8.48. The molecule has 0 aliphatic rings. The Morgan fingerprint density at radius 2 is 1.57 bits per heavy atom. The van der Waals surface area contributed by atoms with Gasteiger partial charge in [0.25, 0.3) is 0 Å². The maximum absolute atomic E-state index is 9.26. The van der Waals surface area contributed by atoms with Gasteiger partial charge in [0, 0.05) is 6.04 Å². The van der Waals surface area contributed by atoms with Gasteiger partial charge in [-0.15, -0.1) is 0 Å². The Morgan fingerprint density at radius 1 is 0.905 bits per heavy atom. The van der Waals surface area contributed by atoms with Crippen LogP contribution in [-0.2, 0) is 12.8 Å². The highest BCUT2D eigenvalue weighted by molar-refractivity contribution is 5.25. The SMILES string of the molecule is CC(CCc1ccc(O)cc1)NCCCc1ccccc1. The summed E-state index contributed by atoms with van der Waals surface area (Å²) in [5.41, 5.74) is 2.70. The molecular formula is C19H25NO. The van der Waals surface area contributed by atoms with Gasteiger partial charge >= 0.3 is 0 Å². The normalized spacial score (nSPS) is 12.2. The summed E-state index contributed by atoms with van der Waals surface area (Å²) in [6.07, 6.45) is 4.48. The van der Waals surface area contributed by atoms with Crippen LogP contribution in [0.1, 0.15) is 30.9 Å². The molecule has 2 rings (SSSR count). The Labute approximate surface area is 127 Å². The highest BCUT2D eigenvalue weighted by atomic mass is 16.3. The number of benzene rings is 2. The van der Waals surface area contributed by atoms with Gasteiger partial charge in [-0.25, -0.2) is 0 Å². The third-order valence-electron chi connectivity index (χ3n) is 3.78. The lowest BCUT2D eigenvalue weighted by atomic mass is 10.1. The van der Waals surface area contributed by atoms with E-state index in [1.807, 2.05) is 12.1 Å². The average molecular weight is 283 g/mol. The minimum absolute atomic E-state index is 0.339. The molecule has 2 aromatic carbocycles. The molecule has 0 radical (unpaired) electrons. The third-order valence-corrected chi connectivity index (χ3v) is 3.78. The van der Waals surface area contributed by atoms with Crippen molar-refractivity contribution >= 4 is 0 Å². The Balaban J connectivity index is 1.59. The molecule has 2 aromatic rings. The van der Waals surface area contributed by atoms with E-state index in [2.05, 4.69) is 42.6 Å². The van der Waals surface area contributed by atoms with Crippen LogP contribution in [0.15, 0.2) is 54.6 Å². The number of nitrogens with one attached hydrogen (secondary N) is 1. The summed E-state index contributed by atoms with van der Waals surface area (Å²) in [6, 6.07) is 18.7. The summed E-state index contributed by atoms with van der Waals surface area (Å²) in [7, 11) is 0. The smallest absolute Gasteiger partial charge is 0.115 e. The molecule has 0 heterocycles. The van der Waals surface area contributed by atoms with Crippen LogP contribution in [0.4, 0.5) is 0 Å². The predicted octanol–water partition coefficient (Wildman–Crippen LogP) is 3.94. The van der Waals surface area contributed by atoms with Crippen LogP contribution >= 0.6 is 0 Å². The fourth-order valence-electron chi connectivity index (χ4n) is 2.43. The van der Waals surface area contributed by atoms with Gasteiger partial charge in [0.05, 0.1) is 0 Å². The number of aryl methyl sites for hydroxylation is 2. The molecule has 0 fully saturated rings. The molecule has 1 atom stereocenters. The Bertz CT molecular complexity index is 507. The second-order valence-electron chi connectivity index (χ2n) is 5.65. The lowest BCUT2D eigenvalue weighted by molar-refractivity contribution is 0.474. The van der Waals surface area contributed by atoms with Gasteiger partial charge in [-0.05, 0) is 62.4 Å². The van der Waals surface area contributed by atoms with Crippen molar-refractivity contribution in [3.8, 4) is 5.75 Å². The Hall–Kier alpha value is -1.80. The zero-order chi connectivity index (χ0) is 14.9. The predicted molar refractivity (Wildman–Crippen MR) is 88.7 cm³/mol. The van der Waals surface area contributed by atoms with Crippen LogP contribution in [-0.4, -0.2) is 17.7 Å². The Morgan fingerprint density at radius 3 is 2.29 bits per heavy atom. The number of rotatable bonds is 8. The van der Waals surface area contributed by atoms with Crippen molar-refractivity contribution < 1.29 is 5.11 Å². The summed E-state index contributed by atoms with van der Waals surface area (Å²) in [6.45, 7) is 3.30. The van der Waals surface area contributed by atoms with Gasteiger partial charge in [0.15, 0.2) is 0 Å². The maximum Gasteiger partial charge on any atom is 0.115 e. The van der Waals surface area contributed by atoms with E-state index in [0.717, 1.165) is 25.8 Å². The van der Waals surface area contributed by atoms with Crippen LogP contribution in [0.5, 0.6) is 5.75 Å². The molecule has 0 bridgehead atoms. The third kappa shape index (κ3) is 6.01. The summed E-state index contributed by atoms with van der Waals surface area (Å²) >= 11 is 0. The van der Waals surface area contributed by atoms with Gasteiger partial charge < -0.3 is 10.4 Å². The quantitative estimate of drug-likeness (QED) is 0.719. The maximum atomic E-state index is 9.26. The topological polar surface area (TPSA) is 32.3 Å². The molecule has 112 valence electrons. The van der Waals surface area contributed by atoms with Crippen molar-refractivity contribution in [1.29, 1.82) is 0 Å². The zero-order valence-corrected chi connectivity index (χ0v) is 12.8. The lowest BCUT2D eigenvalue weighted by Crippen LogP contribution is -2.27. The molecule has 0 aliphatic heterocycles. The minimum atomic E-state index is 0.339. The van der Waals surface area contributed by atoms with E-state index >= 15 is 0 Å². The van der Waals surface area contributed by atoms with Crippen molar-refractivity contribution in [2.45, 2.75) is 38.6 Å². The van der Waals surface area contributed by atoms with Gasteiger partial charge in [-0.3, -0.25) is 0 Å². The number of hydrogen-bond donors (Lipinski definition) is 2. The van der Waals surface area contributed by atoms with Gasteiger partial charge in [-0.1, -0.05) is 42.5 Å². The van der Waals surface area contributed by atoms with E-state index in [9.17, 15) is 5.11 Å². The molecule has 0 aromatic heterocycles. The van der Waals surface area contributed by atoms with Gasteiger partial charge in [0.1, 0.15) is 5.75 Å². The summed E-state index contributed by atoms with van der Waals surface area (Å²) < 4.78 is 0. The molecule has 21 heavy (non-hydrogen) atoms. The molecule has 0 saturated heterocycles. The molecular weight excluding hydrogens is 258 g/mol. The number of phenolic OH excluding ortho intramolecular Hbond substituents is 1. The monoisotopic (exact) mass is 283 g/mol. The van der Waals surface area contributed by atoms with Gasteiger partial charge in [-0.2, -0.15) is 0 Å². The molecule has 1 unspecified atom stereocenters. The van der Waals surface area contributed by atoms with Crippen molar-refractivity contribution in [1.82, 2.24) is 5.32 Å². The van der Waals surface area contributed by atoms with E-state index in [-0.39, 0.29) is 0 Å².